The third kappa shape index (κ3) is 4.12. The van der Waals surface area contributed by atoms with Gasteiger partial charge in [-0.1, -0.05) is 36.4 Å². The number of nitrogens with zero attached hydrogens (tertiary/aromatic N) is 1. The van der Waals surface area contributed by atoms with Gasteiger partial charge in [0.2, 0.25) is 5.91 Å². The van der Waals surface area contributed by atoms with Crippen molar-refractivity contribution in [2.45, 2.75) is 23.4 Å². The monoisotopic (exact) mass is 457 g/mol. The lowest BCUT2D eigenvalue weighted by Gasteiger charge is -2.20. The van der Waals surface area contributed by atoms with Crippen molar-refractivity contribution in [3.8, 4) is 11.1 Å². The third-order valence-corrected chi connectivity index (χ3v) is 6.91. The Balaban J connectivity index is 1.39. The highest BCUT2D eigenvalue weighted by Crippen LogP contribution is 2.32. The Morgan fingerprint density at radius 3 is 2.45 bits per heavy atom. The maximum Gasteiger partial charge on any atom is 0.256 e. The third-order valence-electron chi connectivity index (χ3n) is 6.17. The Morgan fingerprint density at radius 2 is 1.73 bits per heavy atom. The highest BCUT2D eigenvalue weighted by Gasteiger charge is 2.43. The molecular weight excluding hydrogens is 434 g/mol. The molecule has 3 aromatic rings. The van der Waals surface area contributed by atoms with Crippen LogP contribution in [0.3, 0.4) is 0 Å². The SMILES string of the molecule is CSc1ccc(-c2ccc3c(c2)C(=O)N2C[C@@H](NC(=O)c4ccccc4)C[C@H]2C(=O)N3)cc1. The lowest BCUT2D eigenvalue weighted by Crippen LogP contribution is -2.41. The summed E-state index contributed by atoms with van der Waals surface area (Å²) in [7, 11) is 0. The van der Waals surface area contributed by atoms with E-state index < -0.39 is 6.04 Å². The Hall–Kier alpha value is -3.58. The van der Waals surface area contributed by atoms with Crippen LogP contribution in [0.1, 0.15) is 27.1 Å². The Bertz CT molecular complexity index is 1230. The molecule has 0 radical (unpaired) electrons. The molecule has 6 nitrogen and oxygen atoms in total. The molecule has 5 rings (SSSR count). The van der Waals surface area contributed by atoms with Gasteiger partial charge in [-0.15, -0.1) is 11.8 Å². The lowest BCUT2D eigenvalue weighted by atomic mass is 10.0. The second-order valence-corrected chi connectivity index (χ2v) is 9.10. The van der Waals surface area contributed by atoms with Gasteiger partial charge in [0.25, 0.3) is 11.8 Å². The summed E-state index contributed by atoms with van der Waals surface area (Å²) in [5.41, 5.74) is 3.46. The largest absolute Gasteiger partial charge is 0.347 e. The number of carbonyl (C=O) groups excluding carboxylic acids is 3. The first-order valence-electron chi connectivity index (χ1n) is 10.8. The van der Waals surface area contributed by atoms with Crippen LogP contribution in [-0.2, 0) is 4.79 Å². The van der Waals surface area contributed by atoms with Gasteiger partial charge in [-0.25, -0.2) is 0 Å². The van der Waals surface area contributed by atoms with Crippen molar-refractivity contribution in [1.29, 1.82) is 0 Å². The summed E-state index contributed by atoms with van der Waals surface area (Å²) in [6.45, 7) is 0.293. The molecule has 2 aliphatic rings. The number of fused-ring (bicyclic) bond motifs is 2. The van der Waals surface area contributed by atoms with Gasteiger partial charge in [0.05, 0.1) is 11.3 Å². The fourth-order valence-corrected chi connectivity index (χ4v) is 4.84. The molecule has 0 unspecified atom stereocenters. The molecule has 1 saturated heterocycles. The van der Waals surface area contributed by atoms with Crippen LogP contribution in [0.15, 0.2) is 77.7 Å². The molecule has 0 saturated carbocycles. The molecule has 7 heteroatoms. The maximum absolute atomic E-state index is 13.5. The van der Waals surface area contributed by atoms with E-state index in [0.717, 1.165) is 11.1 Å². The summed E-state index contributed by atoms with van der Waals surface area (Å²) in [4.78, 5) is 41.7. The van der Waals surface area contributed by atoms with Crippen molar-refractivity contribution in [2.75, 3.05) is 18.1 Å². The number of benzene rings is 3. The van der Waals surface area contributed by atoms with Crippen molar-refractivity contribution >= 4 is 35.2 Å². The summed E-state index contributed by atoms with van der Waals surface area (Å²) >= 11 is 1.67. The fourth-order valence-electron chi connectivity index (χ4n) is 4.44. The number of thioether (sulfide) groups is 1. The first kappa shape index (κ1) is 21.3. The lowest BCUT2D eigenvalue weighted by molar-refractivity contribution is -0.119. The fraction of sp³-hybridized carbons (Fsp3) is 0.192. The molecule has 2 heterocycles. The summed E-state index contributed by atoms with van der Waals surface area (Å²) in [6.07, 6.45) is 2.41. The Labute approximate surface area is 196 Å². The van der Waals surface area contributed by atoms with E-state index in [4.69, 9.17) is 0 Å². The van der Waals surface area contributed by atoms with Crippen LogP contribution in [0.5, 0.6) is 0 Å². The van der Waals surface area contributed by atoms with Gasteiger partial charge in [0.1, 0.15) is 6.04 Å². The number of carbonyl (C=O) groups is 3. The highest BCUT2D eigenvalue weighted by atomic mass is 32.2. The second kappa shape index (κ2) is 8.75. The summed E-state index contributed by atoms with van der Waals surface area (Å²) < 4.78 is 0. The van der Waals surface area contributed by atoms with E-state index in [1.54, 1.807) is 47.0 Å². The van der Waals surface area contributed by atoms with Gasteiger partial charge in [0.15, 0.2) is 0 Å². The molecule has 0 bridgehead atoms. The van der Waals surface area contributed by atoms with Crippen LogP contribution in [-0.4, -0.2) is 47.5 Å². The van der Waals surface area contributed by atoms with Crippen LogP contribution in [0, 0.1) is 0 Å². The molecule has 2 N–H and O–H groups in total. The average Bonchev–Trinajstić information content (AvgIpc) is 3.24. The summed E-state index contributed by atoms with van der Waals surface area (Å²) in [6, 6.07) is 21.7. The predicted molar refractivity (Wildman–Crippen MR) is 129 cm³/mol. The quantitative estimate of drug-likeness (QED) is 0.580. The minimum Gasteiger partial charge on any atom is -0.347 e. The molecule has 2 atom stereocenters. The molecule has 33 heavy (non-hydrogen) atoms. The molecule has 2 aliphatic heterocycles. The van der Waals surface area contributed by atoms with Crippen LogP contribution >= 0.6 is 11.8 Å². The van der Waals surface area contributed by atoms with E-state index in [1.165, 1.54) is 4.90 Å². The molecule has 0 spiro atoms. The number of rotatable bonds is 4. The van der Waals surface area contributed by atoms with Crippen LogP contribution in [0.25, 0.3) is 11.1 Å². The number of anilines is 1. The van der Waals surface area contributed by atoms with E-state index in [9.17, 15) is 14.4 Å². The molecule has 1 fully saturated rings. The van der Waals surface area contributed by atoms with E-state index >= 15 is 0 Å². The second-order valence-electron chi connectivity index (χ2n) is 8.22. The van der Waals surface area contributed by atoms with Gasteiger partial charge in [-0.2, -0.15) is 0 Å². The molecule has 166 valence electrons. The Morgan fingerprint density at radius 1 is 1.00 bits per heavy atom. The molecule has 0 aliphatic carbocycles. The predicted octanol–water partition coefficient (Wildman–Crippen LogP) is 4.04. The molecule has 3 amide bonds. The standard InChI is InChI=1S/C26H23N3O3S/c1-33-20-10-7-16(8-11-20)18-9-12-22-21(13-18)26(32)29-15-19(14-23(29)25(31)28-22)27-24(30)17-5-3-2-4-6-17/h2-13,19,23H,14-15H2,1H3,(H,27,30)(H,28,31)/t19-,23-/m0/s1. The van der Waals surface area contributed by atoms with E-state index in [2.05, 4.69) is 10.6 Å². The topological polar surface area (TPSA) is 78.5 Å². The normalized spacial score (nSPS) is 19.4. The minimum absolute atomic E-state index is 0.201. The number of nitrogens with one attached hydrogen (secondary N) is 2. The zero-order chi connectivity index (χ0) is 22.9. The van der Waals surface area contributed by atoms with Gasteiger partial charge in [0, 0.05) is 23.0 Å². The van der Waals surface area contributed by atoms with Crippen molar-refractivity contribution in [1.82, 2.24) is 10.2 Å². The van der Waals surface area contributed by atoms with E-state index in [0.29, 0.717) is 29.8 Å². The highest BCUT2D eigenvalue weighted by molar-refractivity contribution is 7.98. The smallest absolute Gasteiger partial charge is 0.256 e. The molecule has 3 aromatic carbocycles. The average molecular weight is 458 g/mol. The van der Waals surface area contributed by atoms with Crippen molar-refractivity contribution in [3.63, 3.8) is 0 Å². The molecular formula is C26H23N3O3S. The molecule has 0 aromatic heterocycles. The van der Waals surface area contributed by atoms with E-state index in [-0.39, 0.29) is 23.8 Å². The summed E-state index contributed by atoms with van der Waals surface area (Å²) in [5.74, 6) is -0.634. The minimum atomic E-state index is -0.615. The van der Waals surface area contributed by atoms with Crippen molar-refractivity contribution in [3.05, 3.63) is 83.9 Å². The van der Waals surface area contributed by atoms with Gasteiger partial charge >= 0.3 is 0 Å². The van der Waals surface area contributed by atoms with Crippen LogP contribution in [0.4, 0.5) is 5.69 Å². The van der Waals surface area contributed by atoms with Crippen LogP contribution < -0.4 is 10.6 Å². The van der Waals surface area contributed by atoms with Crippen molar-refractivity contribution < 1.29 is 14.4 Å². The zero-order valence-electron chi connectivity index (χ0n) is 18.1. The number of amides is 3. The first-order chi connectivity index (χ1) is 16.0. The maximum atomic E-state index is 13.5. The van der Waals surface area contributed by atoms with Crippen LogP contribution in [0.2, 0.25) is 0 Å². The number of hydrogen-bond acceptors (Lipinski definition) is 4. The number of hydrogen-bond donors (Lipinski definition) is 2. The first-order valence-corrected chi connectivity index (χ1v) is 12.0. The van der Waals surface area contributed by atoms with Gasteiger partial charge in [-0.05, 0) is 60.2 Å². The zero-order valence-corrected chi connectivity index (χ0v) is 18.9. The summed E-state index contributed by atoms with van der Waals surface area (Å²) in [5, 5.41) is 5.88. The van der Waals surface area contributed by atoms with Gasteiger partial charge < -0.3 is 15.5 Å². The van der Waals surface area contributed by atoms with E-state index in [1.807, 2.05) is 48.7 Å². The Kier molecular flexibility index (Phi) is 5.64. The van der Waals surface area contributed by atoms with Crippen molar-refractivity contribution in [2.24, 2.45) is 0 Å². The van der Waals surface area contributed by atoms with Gasteiger partial charge in [-0.3, -0.25) is 14.4 Å².